The number of pyridine rings is 1. The second kappa shape index (κ2) is 8.54. The Morgan fingerprint density at radius 1 is 0.931 bits per heavy atom. The van der Waals surface area contributed by atoms with Crippen molar-refractivity contribution < 1.29 is 4.79 Å². The highest BCUT2D eigenvalue weighted by molar-refractivity contribution is 6.14. The van der Waals surface area contributed by atoms with Crippen LogP contribution in [0.3, 0.4) is 0 Å². The van der Waals surface area contributed by atoms with E-state index in [0.717, 1.165) is 61.0 Å². The monoisotopic (exact) mass is 394 g/mol. The first-order valence-electron chi connectivity index (χ1n) is 10.7. The number of carbonyl (C=O) groups excluding carboxylic acids is 1. The van der Waals surface area contributed by atoms with Crippen molar-refractivity contribution in [1.29, 1.82) is 0 Å². The molecule has 3 rings (SSSR count). The number of benzene rings is 1. The summed E-state index contributed by atoms with van der Waals surface area (Å²) in [6.45, 7) is 16.6. The molecule has 0 saturated heterocycles. The second-order valence-electron chi connectivity index (χ2n) is 8.10. The molecule has 0 aliphatic carbocycles. The molecule has 0 N–H and O–H groups in total. The lowest BCUT2D eigenvalue weighted by molar-refractivity contribution is 0.0993. The third kappa shape index (κ3) is 4.01. The van der Waals surface area contributed by atoms with Gasteiger partial charge in [0.15, 0.2) is 0 Å². The SMILES string of the molecule is CCN(CC)CCCN1c2cc(C)c(C)cc2N(C)C(=O)c2c(C)cc(C)nc21. The van der Waals surface area contributed by atoms with Crippen LogP contribution in [-0.4, -0.2) is 49.0 Å². The van der Waals surface area contributed by atoms with E-state index in [0.29, 0.717) is 5.56 Å². The number of amides is 1. The lowest BCUT2D eigenvalue weighted by Gasteiger charge is -2.28. The Morgan fingerprint density at radius 3 is 2.17 bits per heavy atom. The van der Waals surface area contributed by atoms with Crippen molar-refractivity contribution in [1.82, 2.24) is 9.88 Å². The highest BCUT2D eigenvalue weighted by Gasteiger charge is 2.32. The maximum atomic E-state index is 13.4. The molecule has 2 heterocycles. The number of nitrogens with zero attached hydrogens (tertiary/aromatic N) is 4. The molecule has 1 amide bonds. The van der Waals surface area contributed by atoms with E-state index in [1.165, 1.54) is 11.1 Å². The predicted molar refractivity (Wildman–Crippen MR) is 122 cm³/mol. The molecule has 5 nitrogen and oxygen atoms in total. The lowest BCUT2D eigenvalue weighted by Crippen LogP contribution is -2.28. The Labute approximate surface area is 175 Å². The van der Waals surface area contributed by atoms with E-state index in [-0.39, 0.29) is 5.91 Å². The maximum Gasteiger partial charge on any atom is 0.262 e. The topological polar surface area (TPSA) is 39.7 Å². The third-order valence-electron chi connectivity index (χ3n) is 6.09. The highest BCUT2D eigenvalue weighted by atomic mass is 16.2. The van der Waals surface area contributed by atoms with Gasteiger partial charge in [-0.1, -0.05) is 13.8 Å². The number of rotatable bonds is 6. The Balaban J connectivity index is 2.14. The fourth-order valence-electron chi connectivity index (χ4n) is 4.16. The number of aromatic nitrogens is 1. The van der Waals surface area contributed by atoms with Crippen LogP contribution >= 0.6 is 0 Å². The summed E-state index contributed by atoms with van der Waals surface area (Å²) < 4.78 is 0. The molecular weight excluding hydrogens is 360 g/mol. The van der Waals surface area contributed by atoms with Gasteiger partial charge in [0.25, 0.3) is 5.91 Å². The first-order chi connectivity index (χ1) is 13.8. The smallest absolute Gasteiger partial charge is 0.262 e. The molecule has 2 aromatic rings. The van der Waals surface area contributed by atoms with Gasteiger partial charge in [0.2, 0.25) is 0 Å². The molecule has 0 bridgehead atoms. The van der Waals surface area contributed by atoms with Crippen LogP contribution in [0, 0.1) is 27.7 Å². The number of hydrogen-bond donors (Lipinski definition) is 0. The Kier molecular flexibility index (Phi) is 6.27. The molecule has 1 aliphatic rings. The van der Waals surface area contributed by atoms with Crippen molar-refractivity contribution >= 4 is 23.1 Å². The van der Waals surface area contributed by atoms with Gasteiger partial charge in [-0.3, -0.25) is 4.79 Å². The normalized spacial score (nSPS) is 13.6. The largest absolute Gasteiger partial charge is 0.324 e. The molecule has 156 valence electrons. The van der Waals surface area contributed by atoms with E-state index in [9.17, 15) is 4.79 Å². The van der Waals surface area contributed by atoms with Crippen LogP contribution in [0.2, 0.25) is 0 Å². The van der Waals surface area contributed by atoms with E-state index < -0.39 is 0 Å². The minimum atomic E-state index is 0.0146. The Bertz CT molecular complexity index is 918. The fourth-order valence-corrected chi connectivity index (χ4v) is 4.16. The molecule has 1 aliphatic heterocycles. The fraction of sp³-hybridized carbons (Fsp3) is 0.500. The molecule has 0 radical (unpaired) electrons. The highest BCUT2D eigenvalue weighted by Crippen LogP contribution is 2.41. The lowest BCUT2D eigenvalue weighted by atomic mass is 10.1. The number of aryl methyl sites for hydroxylation is 4. The van der Waals surface area contributed by atoms with E-state index in [4.69, 9.17) is 4.98 Å². The van der Waals surface area contributed by atoms with Crippen molar-refractivity contribution in [3.05, 3.63) is 46.1 Å². The van der Waals surface area contributed by atoms with Crippen LogP contribution in [0.1, 0.15) is 53.0 Å². The summed E-state index contributed by atoms with van der Waals surface area (Å²) in [5.41, 5.74) is 7.09. The average molecular weight is 395 g/mol. The maximum absolute atomic E-state index is 13.4. The van der Waals surface area contributed by atoms with Crippen LogP contribution in [0.15, 0.2) is 18.2 Å². The molecule has 0 fully saturated rings. The third-order valence-corrected chi connectivity index (χ3v) is 6.09. The summed E-state index contributed by atoms with van der Waals surface area (Å²) >= 11 is 0. The molecule has 1 aromatic heterocycles. The number of anilines is 3. The molecule has 0 atom stereocenters. The Hall–Kier alpha value is -2.40. The Morgan fingerprint density at radius 2 is 1.55 bits per heavy atom. The van der Waals surface area contributed by atoms with Crippen LogP contribution < -0.4 is 9.80 Å². The van der Waals surface area contributed by atoms with Crippen molar-refractivity contribution in [2.24, 2.45) is 0 Å². The number of hydrogen-bond acceptors (Lipinski definition) is 4. The minimum absolute atomic E-state index is 0.0146. The molecule has 1 aromatic carbocycles. The van der Waals surface area contributed by atoms with Gasteiger partial charge in [-0.25, -0.2) is 4.98 Å². The predicted octanol–water partition coefficient (Wildman–Crippen LogP) is 4.78. The molecule has 5 heteroatoms. The first-order valence-corrected chi connectivity index (χ1v) is 10.7. The zero-order valence-electron chi connectivity index (χ0n) is 19.0. The summed E-state index contributed by atoms with van der Waals surface area (Å²) in [6.07, 6.45) is 1.01. The van der Waals surface area contributed by atoms with Crippen LogP contribution in [0.4, 0.5) is 17.2 Å². The van der Waals surface area contributed by atoms with Crippen LogP contribution in [-0.2, 0) is 0 Å². The van der Waals surface area contributed by atoms with Gasteiger partial charge in [0.1, 0.15) is 5.82 Å². The van der Waals surface area contributed by atoms with Gasteiger partial charge in [0, 0.05) is 19.3 Å². The first kappa shape index (κ1) is 21.3. The van der Waals surface area contributed by atoms with Gasteiger partial charge in [-0.2, -0.15) is 0 Å². The standard InChI is InChI=1S/C24H34N4O/c1-8-27(9-2)11-10-12-28-21-15-17(4)16(3)14-20(21)26(7)24(29)22-18(5)13-19(6)25-23(22)28/h13-15H,8-12H2,1-7H3. The molecule has 29 heavy (non-hydrogen) atoms. The van der Waals surface area contributed by atoms with Gasteiger partial charge in [0.05, 0.1) is 16.9 Å². The number of fused-ring (bicyclic) bond motifs is 2. The van der Waals surface area contributed by atoms with Gasteiger partial charge in [-0.05, 0) is 88.6 Å². The zero-order valence-corrected chi connectivity index (χ0v) is 19.0. The van der Waals surface area contributed by atoms with E-state index in [1.807, 2.05) is 27.0 Å². The van der Waals surface area contributed by atoms with Crippen molar-refractivity contribution in [3.63, 3.8) is 0 Å². The van der Waals surface area contributed by atoms with Gasteiger partial charge >= 0.3 is 0 Å². The van der Waals surface area contributed by atoms with Gasteiger partial charge < -0.3 is 14.7 Å². The summed E-state index contributed by atoms with van der Waals surface area (Å²) in [5, 5.41) is 0. The van der Waals surface area contributed by atoms with Crippen molar-refractivity contribution in [2.75, 3.05) is 43.0 Å². The minimum Gasteiger partial charge on any atom is -0.324 e. The summed E-state index contributed by atoms with van der Waals surface area (Å²) in [6, 6.07) is 6.35. The number of carbonyl (C=O) groups is 1. The summed E-state index contributed by atoms with van der Waals surface area (Å²) in [5.74, 6) is 0.807. The van der Waals surface area contributed by atoms with E-state index >= 15 is 0 Å². The molecule has 0 spiro atoms. The van der Waals surface area contributed by atoms with Crippen LogP contribution in [0.5, 0.6) is 0 Å². The van der Waals surface area contributed by atoms with Crippen molar-refractivity contribution in [2.45, 2.75) is 48.0 Å². The summed E-state index contributed by atoms with van der Waals surface area (Å²) in [4.78, 5) is 24.7. The molecular formula is C24H34N4O. The van der Waals surface area contributed by atoms with Crippen molar-refractivity contribution in [3.8, 4) is 0 Å². The quantitative estimate of drug-likeness (QED) is 0.707. The summed E-state index contributed by atoms with van der Waals surface area (Å²) in [7, 11) is 1.87. The van der Waals surface area contributed by atoms with Crippen LogP contribution in [0.25, 0.3) is 0 Å². The van der Waals surface area contributed by atoms with Gasteiger partial charge in [-0.15, -0.1) is 0 Å². The molecule has 0 unspecified atom stereocenters. The van der Waals surface area contributed by atoms with E-state index in [2.05, 4.69) is 49.6 Å². The zero-order chi connectivity index (χ0) is 21.3. The van der Waals surface area contributed by atoms with E-state index in [1.54, 1.807) is 4.90 Å². The average Bonchev–Trinajstić information content (AvgIpc) is 2.75. The molecule has 0 saturated carbocycles. The second-order valence-corrected chi connectivity index (χ2v) is 8.10.